The van der Waals surface area contributed by atoms with Gasteiger partial charge in [-0.15, -0.1) is 12.3 Å². The Labute approximate surface area is 68.6 Å². The Kier molecular flexibility index (Phi) is 5.91. The lowest BCUT2D eigenvalue weighted by Crippen LogP contribution is -2.27. The van der Waals surface area contributed by atoms with E-state index in [-0.39, 0.29) is 6.10 Å². The second kappa shape index (κ2) is 6.21. The van der Waals surface area contributed by atoms with Gasteiger partial charge in [0, 0.05) is 13.5 Å². The molecule has 2 nitrogen and oxygen atoms in total. The lowest BCUT2D eigenvalue weighted by atomic mass is 10.1. The van der Waals surface area contributed by atoms with Gasteiger partial charge in [0.05, 0.1) is 12.2 Å². The van der Waals surface area contributed by atoms with Crippen LogP contribution in [0.1, 0.15) is 26.2 Å². The first-order chi connectivity index (χ1) is 5.26. The fourth-order valence-corrected chi connectivity index (χ4v) is 1.00. The van der Waals surface area contributed by atoms with E-state index >= 15 is 0 Å². The summed E-state index contributed by atoms with van der Waals surface area (Å²) in [4.78, 5) is 0. The molecule has 0 aliphatic heterocycles. The molecule has 0 radical (unpaired) electrons. The van der Waals surface area contributed by atoms with Gasteiger partial charge in [0.2, 0.25) is 0 Å². The van der Waals surface area contributed by atoms with Crippen molar-refractivity contribution in [2.45, 2.75) is 38.4 Å². The van der Waals surface area contributed by atoms with Crippen LogP contribution in [0.4, 0.5) is 0 Å². The number of hydrogen-bond acceptors (Lipinski definition) is 2. The molecule has 64 valence electrons. The molecule has 2 unspecified atom stereocenters. The maximum Gasteiger partial charge on any atom is 0.0910 e. The van der Waals surface area contributed by atoms with Crippen LogP contribution in [0, 0.1) is 12.3 Å². The second-order valence-electron chi connectivity index (χ2n) is 2.54. The highest BCUT2D eigenvalue weighted by Gasteiger charge is 2.15. The minimum absolute atomic E-state index is 0.101. The number of aliphatic hydroxyl groups is 1. The van der Waals surface area contributed by atoms with Crippen LogP contribution in [0.3, 0.4) is 0 Å². The van der Waals surface area contributed by atoms with Crippen LogP contribution in [-0.4, -0.2) is 24.4 Å². The van der Waals surface area contributed by atoms with E-state index in [1.54, 1.807) is 7.11 Å². The average molecular weight is 156 g/mol. The second-order valence-corrected chi connectivity index (χ2v) is 2.54. The lowest BCUT2D eigenvalue weighted by Gasteiger charge is -2.18. The highest BCUT2D eigenvalue weighted by molar-refractivity contribution is 4.89. The van der Waals surface area contributed by atoms with E-state index in [1.807, 2.05) is 0 Å². The van der Waals surface area contributed by atoms with Gasteiger partial charge in [0.15, 0.2) is 0 Å². The van der Waals surface area contributed by atoms with Gasteiger partial charge in [-0.3, -0.25) is 0 Å². The number of terminal acetylenes is 1. The van der Waals surface area contributed by atoms with Crippen molar-refractivity contribution in [1.29, 1.82) is 0 Å². The van der Waals surface area contributed by atoms with Gasteiger partial charge >= 0.3 is 0 Å². The minimum Gasteiger partial charge on any atom is -0.389 e. The van der Waals surface area contributed by atoms with Crippen molar-refractivity contribution in [2.24, 2.45) is 0 Å². The van der Waals surface area contributed by atoms with Crippen LogP contribution in [0.25, 0.3) is 0 Å². The molecule has 0 aliphatic rings. The third kappa shape index (κ3) is 4.02. The van der Waals surface area contributed by atoms with Crippen molar-refractivity contribution < 1.29 is 9.84 Å². The Morgan fingerprint density at radius 2 is 2.27 bits per heavy atom. The Balaban J connectivity index is 3.73. The summed E-state index contributed by atoms with van der Waals surface area (Å²) in [6, 6.07) is 0. The van der Waals surface area contributed by atoms with Crippen LogP contribution < -0.4 is 0 Å². The fraction of sp³-hybridized carbons (Fsp3) is 0.778. The van der Waals surface area contributed by atoms with Crippen molar-refractivity contribution >= 4 is 0 Å². The van der Waals surface area contributed by atoms with Crippen LogP contribution in [0.15, 0.2) is 0 Å². The molecule has 0 amide bonds. The third-order valence-electron chi connectivity index (χ3n) is 1.63. The molecule has 0 aromatic heterocycles. The first-order valence-electron chi connectivity index (χ1n) is 3.90. The summed E-state index contributed by atoms with van der Waals surface area (Å²) in [6.07, 6.45) is 6.68. The Morgan fingerprint density at radius 1 is 1.64 bits per heavy atom. The zero-order chi connectivity index (χ0) is 8.69. The van der Waals surface area contributed by atoms with E-state index in [0.717, 1.165) is 12.8 Å². The van der Waals surface area contributed by atoms with E-state index in [0.29, 0.717) is 6.42 Å². The number of methoxy groups -OCH3 is 1. The van der Waals surface area contributed by atoms with Gasteiger partial charge in [0.1, 0.15) is 0 Å². The largest absolute Gasteiger partial charge is 0.389 e. The topological polar surface area (TPSA) is 29.5 Å². The monoisotopic (exact) mass is 156 g/mol. The summed E-state index contributed by atoms with van der Waals surface area (Å²) in [5.41, 5.74) is 0. The van der Waals surface area contributed by atoms with Crippen molar-refractivity contribution in [3.05, 3.63) is 0 Å². The van der Waals surface area contributed by atoms with Crippen molar-refractivity contribution in [1.82, 2.24) is 0 Å². The van der Waals surface area contributed by atoms with Gasteiger partial charge in [-0.05, 0) is 6.42 Å². The van der Waals surface area contributed by atoms with Crippen LogP contribution in [0.5, 0.6) is 0 Å². The van der Waals surface area contributed by atoms with Gasteiger partial charge in [-0.25, -0.2) is 0 Å². The first-order valence-corrected chi connectivity index (χ1v) is 3.90. The molecule has 0 saturated carbocycles. The standard InChI is InChI=1S/C9H16O2/c1-4-6-8(10)9(11-3)7-5-2/h1,8-10H,5-7H2,2-3H3. The molecule has 0 fully saturated rings. The molecule has 0 heterocycles. The number of rotatable bonds is 5. The Bertz CT molecular complexity index is 126. The van der Waals surface area contributed by atoms with Gasteiger partial charge in [0.25, 0.3) is 0 Å². The zero-order valence-electron chi connectivity index (χ0n) is 7.21. The predicted molar refractivity (Wildman–Crippen MR) is 45.2 cm³/mol. The van der Waals surface area contributed by atoms with Crippen molar-refractivity contribution in [3.8, 4) is 12.3 Å². The van der Waals surface area contributed by atoms with E-state index in [4.69, 9.17) is 11.2 Å². The maximum atomic E-state index is 9.37. The summed E-state index contributed by atoms with van der Waals surface area (Å²) in [7, 11) is 1.60. The van der Waals surface area contributed by atoms with Crippen LogP contribution in [0.2, 0.25) is 0 Å². The minimum atomic E-state index is -0.509. The highest BCUT2D eigenvalue weighted by atomic mass is 16.5. The van der Waals surface area contributed by atoms with E-state index in [9.17, 15) is 5.11 Å². The number of aliphatic hydroxyl groups excluding tert-OH is 1. The molecule has 2 atom stereocenters. The molecule has 0 aromatic rings. The predicted octanol–water partition coefficient (Wildman–Crippen LogP) is 1.19. The third-order valence-corrected chi connectivity index (χ3v) is 1.63. The molecular weight excluding hydrogens is 140 g/mol. The quantitative estimate of drug-likeness (QED) is 0.606. The summed E-state index contributed by atoms with van der Waals surface area (Å²) in [5, 5.41) is 9.37. The molecule has 0 spiro atoms. The number of hydrogen-bond donors (Lipinski definition) is 1. The number of ether oxygens (including phenoxy) is 1. The summed E-state index contributed by atoms with van der Waals surface area (Å²) >= 11 is 0. The van der Waals surface area contributed by atoms with Gasteiger partial charge in [-0.2, -0.15) is 0 Å². The summed E-state index contributed by atoms with van der Waals surface area (Å²) in [6.45, 7) is 2.05. The molecule has 1 N–H and O–H groups in total. The SMILES string of the molecule is C#CCC(O)C(CCC)OC. The van der Waals surface area contributed by atoms with Gasteiger partial charge in [-0.1, -0.05) is 13.3 Å². The van der Waals surface area contributed by atoms with Crippen molar-refractivity contribution in [2.75, 3.05) is 7.11 Å². The van der Waals surface area contributed by atoms with E-state index in [1.165, 1.54) is 0 Å². The average Bonchev–Trinajstić information content (AvgIpc) is 2.00. The molecule has 0 aromatic carbocycles. The Morgan fingerprint density at radius 3 is 2.64 bits per heavy atom. The molecule has 0 bridgehead atoms. The molecule has 11 heavy (non-hydrogen) atoms. The first kappa shape index (κ1) is 10.5. The molecular formula is C9H16O2. The summed E-state index contributed by atoms with van der Waals surface area (Å²) in [5.74, 6) is 2.41. The zero-order valence-corrected chi connectivity index (χ0v) is 7.21. The Hall–Kier alpha value is -0.520. The highest BCUT2D eigenvalue weighted by Crippen LogP contribution is 2.08. The van der Waals surface area contributed by atoms with Crippen molar-refractivity contribution in [3.63, 3.8) is 0 Å². The molecule has 0 saturated heterocycles. The molecule has 0 aliphatic carbocycles. The normalized spacial score (nSPS) is 15.5. The van der Waals surface area contributed by atoms with Crippen LogP contribution >= 0.6 is 0 Å². The van der Waals surface area contributed by atoms with Gasteiger partial charge < -0.3 is 9.84 Å². The molecule has 2 heteroatoms. The van der Waals surface area contributed by atoms with Crippen LogP contribution in [-0.2, 0) is 4.74 Å². The fourth-order valence-electron chi connectivity index (χ4n) is 1.00. The maximum absolute atomic E-state index is 9.37. The lowest BCUT2D eigenvalue weighted by molar-refractivity contribution is -0.0136. The smallest absolute Gasteiger partial charge is 0.0910 e. The van der Waals surface area contributed by atoms with E-state index in [2.05, 4.69) is 12.8 Å². The summed E-state index contributed by atoms with van der Waals surface area (Å²) < 4.78 is 5.06. The van der Waals surface area contributed by atoms with E-state index < -0.39 is 6.10 Å². The molecule has 0 rings (SSSR count).